The van der Waals surface area contributed by atoms with Crippen molar-refractivity contribution in [3.8, 4) is 0 Å². The lowest BCUT2D eigenvalue weighted by atomic mass is 10.4. The van der Waals surface area contributed by atoms with Crippen LogP contribution in [0.5, 0.6) is 0 Å². The fourth-order valence-electron chi connectivity index (χ4n) is 0.601. The zero-order chi connectivity index (χ0) is 9.40. The average Bonchev–Trinajstić information content (AvgIpc) is 2.11. The first-order chi connectivity index (χ1) is 5.70. The summed E-state index contributed by atoms with van der Waals surface area (Å²) in [7, 11) is 0. The van der Waals surface area contributed by atoms with Crippen LogP contribution in [-0.4, -0.2) is 31.4 Å². The lowest BCUT2D eigenvalue weighted by molar-refractivity contribution is -0.122. The Bertz CT molecular complexity index is 141. The first-order valence-electron chi connectivity index (χ1n) is 3.94. The molecule has 0 spiro atoms. The molecule has 0 aliphatic heterocycles. The Labute approximate surface area is 71.7 Å². The molecule has 5 nitrogen and oxygen atoms in total. The molecule has 0 heterocycles. The van der Waals surface area contributed by atoms with Crippen molar-refractivity contribution < 1.29 is 9.59 Å². The van der Waals surface area contributed by atoms with Crippen LogP contribution < -0.4 is 16.4 Å². The third-order valence-electron chi connectivity index (χ3n) is 1.28. The molecule has 0 fully saturated rings. The summed E-state index contributed by atoms with van der Waals surface area (Å²) in [4.78, 5) is 21.3. The van der Waals surface area contributed by atoms with E-state index in [0.29, 0.717) is 19.5 Å². The van der Waals surface area contributed by atoms with Crippen molar-refractivity contribution in [1.29, 1.82) is 0 Å². The first kappa shape index (κ1) is 10.9. The summed E-state index contributed by atoms with van der Waals surface area (Å²) in [6.45, 7) is 2.65. The van der Waals surface area contributed by atoms with Gasteiger partial charge in [-0.2, -0.15) is 0 Å². The van der Waals surface area contributed by atoms with Crippen LogP contribution in [0.4, 0.5) is 0 Å². The van der Waals surface area contributed by atoms with E-state index in [1.807, 2.05) is 0 Å². The number of amides is 2. The van der Waals surface area contributed by atoms with Gasteiger partial charge >= 0.3 is 0 Å². The Morgan fingerprint density at radius 2 is 1.67 bits per heavy atom. The minimum absolute atomic E-state index is 0.0122. The predicted octanol–water partition coefficient (Wildman–Crippen LogP) is -1.41. The van der Waals surface area contributed by atoms with Crippen molar-refractivity contribution in [2.45, 2.75) is 13.3 Å². The number of carbonyl (C=O) groups excluding carboxylic acids is 2. The average molecular weight is 173 g/mol. The standard InChI is InChI=1S/C7H15N3O2/c1-2-6(11)9-3-4-10-7(12)5-8/h2-5,8H2,1H3,(H,9,11)(H,10,12). The Kier molecular flexibility index (Phi) is 6.00. The largest absolute Gasteiger partial charge is 0.354 e. The summed E-state index contributed by atoms with van der Waals surface area (Å²) >= 11 is 0. The molecule has 0 unspecified atom stereocenters. The van der Waals surface area contributed by atoms with E-state index >= 15 is 0 Å². The Morgan fingerprint density at radius 1 is 1.17 bits per heavy atom. The molecule has 2 amide bonds. The number of nitrogens with two attached hydrogens (primary N) is 1. The molecule has 0 aliphatic rings. The zero-order valence-corrected chi connectivity index (χ0v) is 7.22. The lowest BCUT2D eigenvalue weighted by Gasteiger charge is -2.04. The number of hydrogen-bond donors (Lipinski definition) is 3. The van der Waals surface area contributed by atoms with E-state index in [9.17, 15) is 9.59 Å². The molecule has 0 aromatic heterocycles. The van der Waals surface area contributed by atoms with Crippen molar-refractivity contribution in [3.63, 3.8) is 0 Å². The van der Waals surface area contributed by atoms with Crippen molar-refractivity contribution in [1.82, 2.24) is 10.6 Å². The van der Waals surface area contributed by atoms with Gasteiger partial charge in [0.15, 0.2) is 0 Å². The molecule has 4 N–H and O–H groups in total. The highest BCUT2D eigenvalue weighted by atomic mass is 16.2. The van der Waals surface area contributed by atoms with Gasteiger partial charge < -0.3 is 16.4 Å². The topological polar surface area (TPSA) is 84.2 Å². The van der Waals surface area contributed by atoms with Crippen molar-refractivity contribution in [3.05, 3.63) is 0 Å². The van der Waals surface area contributed by atoms with E-state index in [2.05, 4.69) is 10.6 Å². The fourth-order valence-corrected chi connectivity index (χ4v) is 0.601. The highest BCUT2D eigenvalue weighted by Crippen LogP contribution is 1.72. The monoisotopic (exact) mass is 173 g/mol. The maximum Gasteiger partial charge on any atom is 0.233 e. The van der Waals surface area contributed by atoms with Gasteiger partial charge in [0, 0.05) is 19.5 Å². The van der Waals surface area contributed by atoms with E-state index in [1.54, 1.807) is 6.92 Å². The molecule has 0 saturated heterocycles. The quantitative estimate of drug-likeness (QED) is 0.446. The SMILES string of the molecule is CCC(=O)NCCNC(=O)CN. The van der Waals surface area contributed by atoms with Gasteiger partial charge in [0.05, 0.1) is 6.54 Å². The highest BCUT2D eigenvalue weighted by molar-refractivity contribution is 5.78. The minimum Gasteiger partial charge on any atom is -0.354 e. The maximum atomic E-state index is 10.7. The van der Waals surface area contributed by atoms with Gasteiger partial charge in [-0.1, -0.05) is 6.92 Å². The normalized spacial score (nSPS) is 9.17. The van der Waals surface area contributed by atoms with Gasteiger partial charge in [0.25, 0.3) is 0 Å². The van der Waals surface area contributed by atoms with Gasteiger partial charge in [0.1, 0.15) is 0 Å². The summed E-state index contributed by atoms with van der Waals surface area (Å²) in [5.74, 6) is -0.224. The van der Waals surface area contributed by atoms with Crippen molar-refractivity contribution >= 4 is 11.8 Å². The van der Waals surface area contributed by atoms with E-state index in [4.69, 9.17) is 5.73 Å². The van der Waals surface area contributed by atoms with Crippen LogP contribution in [0.25, 0.3) is 0 Å². The smallest absolute Gasteiger partial charge is 0.233 e. The second-order valence-electron chi connectivity index (χ2n) is 2.26. The van der Waals surface area contributed by atoms with Gasteiger partial charge in [-0.3, -0.25) is 9.59 Å². The van der Waals surface area contributed by atoms with Gasteiger partial charge in [-0.25, -0.2) is 0 Å². The molecule has 0 bridgehead atoms. The summed E-state index contributed by atoms with van der Waals surface area (Å²) in [5, 5.41) is 5.15. The second kappa shape index (κ2) is 6.60. The Hall–Kier alpha value is -1.10. The summed E-state index contributed by atoms with van der Waals surface area (Å²) in [6.07, 6.45) is 0.463. The van der Waals surface area contributed by atoms with Crippen LogP contribution in [-0.2, 0) is 9.59 Å². The summed E-state index contributed by atoms with van der Waals surface area (Å²) in [5.41, 5.74) is 5.04. The van der Waals surface area contributed by atoms with Crippen LogP contribution >= 0.6 is 0 Å². The molecular weight excluding hydrogens is 158 g/mol. The minimum atomic E-state index is -0.208. The molecule has 0 radical (unpaired) electrons. The van der Waals surface area contributed by atoms with Crippen LogP contribution in [0.15, 0.2) is 0 Å². The fraction of sp³-hybridized carbons (Fsp3) is 0.714. The lowest BCUT2D eigenvalue weighted by Crippen LogP contribution is -2.37. The van der Waals surface area contributed by atoms with Crippen LogP contribution in [0.2, 0.25) is 0 Å². The van der Waals surface area contributed by atoms with E-state index in [1.165, 1.54) is 0 Å². The molecular formula is C7H15N3O2. The second-order valence-corrected chi connectivity index (χ2v) is 2.26. The molecule has 70 valence electrons. The van der Waals surface area contributed by atoms with Crippen LogP contribution in [0.1, 0.15) is 13.3 Å². The van der Waals surface area contributed by atoms with Crippen LogP contribution in [0, 0.1) is 0 Å². The number of hydrogen-bond acceptors (Lipinski definition) is 3. The summed E-state index contributed by atoms with van der Waals surface area (Å²) < 4.78 is 0. The molecule has 0 aromatic carbocycles. The van der Waals surface area contributed by atoms with Crippen LogP contribution in [0.3, 0.4) is 0 Å². The third-order valence-corrected chi connectivity index (χ3v) is 1.28. The molecule has 0 atom stereocenters. The molecule has 0 aliphatic carbocycles. The van der Waals surface area contributed by atoms with E-state index < -0.39 is 0 Å². The Morgan fingerprint density at radius 3 is 2.08 bits per heavy atom. The first-order valence-corrected chi connectivity index (χ1v) is 3.94. The Balaban J connectivity index is 3.21. The zero-order valence-electron chi connectivity index (χ0n) is 7.22. The third kappa shape index (κ3) is 5.67. The van der Waals surface area contributed by atoms with Crippen molar-refractivity contribution in [2.24, 2.45) is 5.73 Å². The molecule has 0 rings (SSSR count). The number of carbonyl (C=O) groups is 2. The molecule has 0 saturated carbocycles. The van der Waals surface area contributed by atoms with E-state index in [0.717, 1.165) is 0 Å². The summed E-state index contributed by atoms with van der Waals surface area (Å²) in [6, 6.07) is 0. The predicted molar refractivity (Wildman–Crippen MR) is 45.4 cm³/mol. The number of nitrogens with one attached hydrogen (secondary N) is 2. The van der Waals surface area contributed by atoms with Gasteiger partial charge in [-0.15, -0.1) is 0 Å². The highest BCUT2D eigenvalue weighted by Gasteiger charge is 1.97. The number of rotatable bonds is 5. The van der Waals surface area contributed by atoms with Gasteiger partial charge in [-0.05, 0) is 0 Å². The van der Waals surface area contributed by atoms with Crippen molar-refractivity contribution in [2.75, 3.05) is 19.6 Å². The van der Waals surface area contributed by atoms with E-state index in [-0.39, 0.29) is 18.4 Å². The van der Waals surface area contributed by atoms with Gasteiger partial charge in [0.2, 0.25) is 11.8 Å². The molecule has 0 aromatic rings. The molecule has 12 heavy (non-hydrogen) atoms. The maximum absolute atomic E-state index is 10.7. The molecule has 5 heteroatoms.